The molecule has 0 spiro atoms. The molecule has 0 bridgehead atoms. The highest BCUT2D eigenvalue weighted by Gasteiger charge is 2.26. The zero-order valence-electron chi connectivity index (χ0n) is 16.6. The van der Waals surface area contributed by atoms with Gasteiger partial charge in [0.15, 0.2) is 0 Å². The number of likely N-dealkylation sites (tertiary alicyclic amines) is 1. The normalized spacial score (nSPS) is 17.7. The third-order valence-electron chi connectivity index (χ3n) is 3.81. The van der Waals surface area contributed by atoms with Crippen LogP contribution in [0, 0.1) is 5.92 Å². The summed E-state index contributed by atoms with van der Waals surface area (Å²) in [5.74, 6) is -0.617. The summed E-state index contributed by atoms with van der Waals surface area (Å²) < 4.78 is 26.4. The Morgan fingerprint density at radius 1 is 1.21 bits per heavy atom. The molecule has 2 rings (SSSR count). The standard InChI is InChI=1S/C19H27NO4/c1-19(2,3)24-18(22)20-12-9-15(10-13-20)11-14-23-17(21)16-7-5-4-6-8-16/h4-8,15H,9-14H2,1-3H3/i14D2. The van der Waals surface area contributed by atoms with Crippen molar-refractivity contribution >= 4 is 12.1 Å². The summed E-state index contributed by atoms with van der Waals surface area (Å²) in [6, 6.07) is 8.39. The van der Waals surface area contributed by atoms with Crippen LogP contribution in [-0.2, 0) is 9.47 Å². The summed E-state index contributed by atoms with van der Waals surface area (Å²) in [7, 11) is 0. The second-order valence-electron chi connectivity index (χ2n) is 7.01. The Kier molecular flexibility index (Phi) is 5.27. The van der Waals surface area contributed by atoms with Crippen molar-refractivity contribution in [3.05, 3.63) is 35.9 Å². The average molecular weight is 335 g/mol. The fourth-order valence-electron chi connectivity index (χ4n) is 2.50. The van der Waals surface area contributed by atoms with Crippen molar-refractivity contribution in [1.29, 1.82) is 0 Å². The smallest absolute Gasteiger partial charge is 0.410 e. The van der Waals surface area contributed by atoms with E-state index in [1.54, 1.807) is 35.2 Å². The molecule has 0 saturated carbocycles. The average Bonchev–Trinajstić information content (AvgIpc) is 2.54. The van der Waals surface area contributed by atoms with Gasteiger partial charge in [-0.25, -0.2) is 9.59 Å². The van der Waals surface area contributed by atoms with Crippen LogP contribution >= 0.6 is 0 Å². The minimum absolute atomic E-state index is 0.0484. The van der Waals surface area contributed by atoms with Crippen molar-refractivity contribution < 1.29 is 21.8 Å². The largest absolute Gasteiger partial charge is 0.462 e. The van der Waals surface area contributed by atoms with E-state index in [-0.39, 0.29) is 18.4 Å². The number of ether oxygens (including phenoxy) is 2. The van der Waals surface area contributed by atoms with Crippen LogP contribution in [0.2, 0.25) is 0 Å². The van der Waals surface area contributed by atoms with Crippen molar-refractivity contribution in [2.45, 2.75) is 45.6 Å². The molecule has 1 aliphatic heterocycles. The molecular weight excluding hydrogens is 306 g/mol. The lowest BCUT2D eigenvalue weighted by atomic mass is 9.94. The van der Waals surface area contributed by atoms with Crippen molar-refractivity contribution in [1.82, 2.24) is 4.90 Å². The van der Waals surface area contributed by atoms with Gasteiger partial charge in [0.25, 0.3) is 0 Å². The van der Waals surface area contributed by atoms with Crippen LogP contribution in [-0.4, -0.2) is 42.2 Å². The lowest BCUT2D eigenvalue weighted by Crippen LogP contribution is -2.41. The van der Waals surface area contributed by atoms with E-state index in [1.165, 1.54) is 0 Å². The first-order valence-electron chi connectivity index (χ1n) is 9.32. The number of rotatable bonds is 4. The van der Waals surface area contributed by atoms with Crippen LogP contribution in [0.5, 0.6) is 0 Å². The Balaban J connectivity index is 1.82. The van der Waals surface area contributed by atoms with E-state index in [0.717, 1.165) is 0 Å². The first-order valence-corrected chi connectivity index (χ1v) is 8.32. The topological polar surface area (TPSA) is 55.8 Å². The second-order valence-corrected chi connectivity index (χ2v) is 7.01. The Bertz CT molecular complexity index is 620. The highest BCUT2D eigenvalue weighted by molar-refractivity contribution is 5.89. The zero-order chi connectivity index (χ0) is 19.4. The van der Waals surface area contributed by atoms with Crippen LogP contribution in [0.3, 0.4) is 0 Å². The maximum Gasteiger partial charge on any atom is 0.410 e. The monoisotopic (exact) mass is 335 g/mol. The minimum Gasteiger partial charge on any atom is -0.462 e. The molecule has 1 amide bonds. The quantitative estimate of drug-likeness (QED) is 0.784. The predicted molar refractivity (Wildman–Crippen MR) is 91.9 cm³/mol. The molecule has 1 aliphatic rings. The lowest BCUT2D eigenvalue weighted by molar-refractivity contribution is 0.0169. The predicted octanol–water partition coefficient (Wildman–Crippen LogP) is 3.88. The van der Waals surface area contributed by atoms with Gasteiger partial charge in [-0.05, 0) is 58.1 Å². The Morgan fingerprint density at radius 3 is 2.42 bits per heavy atom. The van der Waals surface area contributed by atoms with Crippen LogP contribution in [0.15, 0.2) is 30.3 Å². The number of carbonyl (C=O) groups is 2. The minimum atomic E-state index is -2.04. The molecule has 1 heterocycles. The molecule has 5 heteroatoms. The molecule has 0 radical (unpaired) electrons. The number of hydrogen-bond donors (Lipinski definition) is 0. The summed E-state index contributed by atoms with van der Waals surface area (Å²) in [6.45, 7) is 4.48. The molecule has 0 aliphatic carbocycles. The van der Waals surface area contributed by atoms with E-state index in [9.17, 15) is 9.59 Å². The van der Waals surface area contributed by atoms with Crippen LogP contribution in [0.25, 0.3) is 0 Å². The molecule has 5 nitrogen and oxygen atoms in total. The number of benzene rings is 1. The fraction of sp³-hybridized carbons (Fsp3) is 0.579. The van der Waals surface area contributed by atoms with E-state index < -0.39 is 18.1 Å². The molecule has 24 heavy (non-hydrogen) atoms. The Hall–Kier alpha value is -2.04. The van der Waals surface area contributed by atoms with Gasteiger partial charge < -0.3 is 14.4 Å². The van der Waals surface area contributed by atoms with Gasteiger partial charge in [-0.3, -0.25) is 0 Å². The molecular formula is C19H27NO4. The van der Waals surface area contributed by atoms with Gasteiger partial charge >= 0.3 is 12.1 Å². The highest BCUT2D eigenvalue weighted by Crippen LogP contribution is 2.22. The summed E-state index contributed by atoms with van der Waals surface area (Å²) >= 11 is 0. The summed E-state index contributed by atoms with van der Waals surface area (Å²) in [5.41, 5.74) is -0.201. The summed E-state index contributed by atoms with van der Waals surface area (Å²) in [5, 5.41) is 0. The van der Waals surface area contributed by atoms with E-state index in [0.29, 0.717) is 31.5 Å². The molecule has 1 aromatic rings. The number of esters is 1. The van der Waals surface area contributed by atoms with E-state index in [4.69, 9.17) is 12.2 Å². The van der Waals surface area contributed by atoms with Gasteiger partial charge in [-0.1, -0.05) is 18.2 Å². The first kappa shape index (κ1) is 15.5. The van der Waals surface area contributed by atoms with Crippen LogP contribution < -0.4 is 0 Å². The molecule has 0 atom stereocenters. The van der Waals surface area contributed by atoms with Crippen molar-refractivity contribution in [3.63, 3.8) is 0 Å². The number of piperidine rings is 1. The first-order chi connectivity index (χ1) is 12.1. The number of carbonyl (C=O) groups excluding carboxylic acids is 2. The molecule has 0 aromatic heterocycles. The van der Waals surface area contributed by atoms with Gasteiger partial charge in [-0.15, -0.1) is 0 Å². The maximum absolute atomic E-state index is 12.1. The van der Waals surface area contributed by atoms with Gasteiger partial charge in [-0.2, -0.15) is 0 Å². The van der Waals surface area contributed by atoms with E-state index in [2.05, 4.69) is 0 Å². The third kappa shape index (κ3) is 5.87. The van der Waals surface area contributed by atoms with Gasteiger partial charge in [0.05, 0.1) is 14.9 Å². The van der Waals surface area contributed by atoms with Crippen molar-refractivity contribution in [2.75, 3.05) is 19.6 Å². The van der Waals surface area contributed by atoms with Crippen LogP contribution in [0.4, 0.5) is 4.79 Å². The van der Waals surface area contributed by atoms with Gasteiger partial charge in [0.2, 0.25) is 0 Å². The molecule has 0 unspecified atom stereocenters. The van der Waals surface area contributed by atoms with E-state index in [1.807, 2.05) is 20.8 Å². The van der Waals surface area contributed by atoms with Crippen LogP contribution in [0.1, 0.15) is 53.1 Å². The van der Waals surface area contributed by atoms with Gasteiger partial charge in [0, 0.05) is 13.1 Å². The lowest BCUT2D eigenvalue weighted by Gasteiger charge is -2.33. The zero-order valence-corrected chi connectivity index (χ0v) is 14.6. The van der Waals surface area contributed by atoms with Gasteiger partial charge in [0.1, 0.15) is 5.60 Å². The summed E-state index contributed by atoms with van der Waals surface area (Å²) in [4.78, 5) is 25.8. The molecule has 1 aromatic carbocycles. The number of hydrogen-bond acceptors (Lipinski definition) is 4. The maximum atomic E-state index is 12.1. The number of nitrogens with zero attached hydrogens (tertiary/aromatic N) is 1. The summed E-state index contributed by atoms with van der Waals surface area (Å²) in [6.07, 6.45) is 1.09. The van der Waals surface area contributed by atoms with Crippen molar-refractivity contribution in [3.8, 4) is 0 Å². The Morgan fingerprint density at radius 2 is 1.83 bits per heavy atom. The van der Waals surface area contributed by atoms with E-state index >= 15 is 0 Å². The molecule has 132 valence electrons. The highest BCUT2D eigenvalue weighted by atomic mass is 16.6. The van der Waals surface area contributed by atoms with Crippen molar-refractivity contribution in [2.24, 2.45) is 5.92 Å². The molecule has 1 fully saturated rings. The molecule has 0 N–H and O–H groups in total. The Labute approximate surface area is 146 Å². The second kappa shape index (κ2) is 8.18. The SMILES string of the molecule is [2H]C([2H])(CC1CCN(C(=O)OC(C)(C)C)CC1)OC(=O)c1ccccc1. The fourth-order valence-corrected chi connectivity index (χ4v) is 2.50. The molecule has 1 saturated heterocycles. The third-order valence-corrected chi connectivity index (χ3v) is 3.81. The number of amides is 1.